The second kappa shape index (κ2) is 7.47. The van der Waals surface area contributed by atoms with Crippen molar-refractivity contribution in [3.8, 4) is 11.1 Å². The van der Waals surface area contributed by atoms with E-state index in [2.05, 4.69) is 78.6 Å². The number of rotatable bonds is 4. The fourth-order valence-corrected chi connectivity index (χ4v) is 2.57. The molecule has 0 aliphatic rings. The Morgan fingerprint density at radius 3 is 2.17 bits per heavy atom. The Kier molecular flexibility index (Phi) is 4.93. The minimum atomic E-state index is 1.03. The van der Waals surface area contributed by atoms with Crippen molar-refractivity contribution in [1.29, 1.82) is 0 Å². The normalized spacial score (nSPS) is 11.8. The van der Waals surface area contributed by atoms with Crippen molar-refractivity contribution in [2.45, 2.75) is 6.92 Å². The van der Waals surface area contributed by atoms with Crippen molar-refractivity contribution in [3.63, 3.8) is 0 Å². The summed E-state index contributed by atoms with van der Waals surface area (Å²) in [6.07, 6.45) is 6.12. The number of hydrogen-bond donors (Lipinski definition) is 1. The second-order valence-corrected chi connectivity index (χ2v) is 5.67. The Labute approximate surface area is 143 Å². The molecule has 0 heterocycles. The zero-order valence-corrected chi connectivity index (χ0v) is 13.9. The van der Waals surface area contributed by atoms with Gasteiger partial charge in [-0.3, -0.25) is 0 Å². The van der Waals surface area contributed by atoms with Crippen LogP contribution in [0.2, 0.25) is 0 Å². The molecule has 1 nitrogen and oxygen atoms in total. The SMILES string of the molecule is C=c1ccc(Nc2ccc(-c3ccccc3)cc2)c/c1=C/C=C\C. The molecule has 0 atom stereocenters. The summed E-state index contributed by atoms with van der Waals surface area (Å²) in [6.45, 7) is 6.08. The van der Waals surface area contributed by atoms with Crippen molar-refractivity contribution < 1.29 is 0 Å². The van der Waals surface area contributed by atoms with E-state index in [4.69, 9.17) is 0 Å². The van der Waals surface area contributed by atoms with E-state index in [1.165, 1.54) is 11.1 Å². The van der Waals surface area contributed by atoms with Gasteiger partial charge in [0.15, 0.2) is 0 Å². The molecule has 0 saturated heterocycles. The molecule has 1 N–H and O–H groups in total. The molecule has 3 aromatic rings. The molecule has 3 rings (SSSR count). The zero-order chi connectivity index (χ0) is 16.8. The largest absolute Gasteiger partial charge is 0.356 e. The summed E-state index contributed by atoms with van der Waals surface area (Å²) in [7, 11) is 0. The van der Waals surface area contributed by atoms with Gasteiger partial charge in [-0.15, -0.1) is 0 Å². The summed E-state index contributed by atoms with van der Waals surface area (Å²) < 4.78 is 0. The van der Waals surface area contributed by atoms with Gasteiger partial charge in [0, 0.05) is 11.4 Å². The Balaban J connectivity index is 1.83. The van der Waals surface area contributed by atoms with Crippen molar-refractivity contribution in [2.24, 2.45) is 0 Å². The van der Waals surface area contributed by atoms with Crippen LogP contribution in [0.15, 0.2) is 84.9 Å². The summed E-state index contributed by atoms with van der Waals surface area (Å²) in [5.74, 6) is 0. The molecule has 0 spiro atoms. The fourth-order valence-electron chi connectivity index (χ4n) is 2.57. The monoisotopic (exact) mass is 311 g/mol. The van der Waals surface area contributed by atoms with E-state index in [0.29, 0.717) is 0 Å². The average molecular weight is 311 g/mol. The highest BCUT2D eigenvalue weighted by atomic mass is 14.9. The van der Waals surface area contributed by atoms with Crippen LogP contribution in [0.5, 0.6) is 0 Å². The van der Waals surface area contributed by atoms with E-state index in [-0.39, 0.29) is 0 Å². The lowest BCUT2D eigenvalue weighted by atomic mass is 10.1. The maximum Gasteiger partial charge on any atom is 0.0390 e. The van der Waals surface area contributed by atoms with Crippen LogP contribution >= 0.6 is 0 Å². The van der Waals surface area contributed by atoms with Crippen molar-refractivity contribution in [3.05, 3.63) is 95.4 Å². The van der Waals surface area contributed by atoms with Crippen molar-refractivity contribution >= 4 is 24.0 Å². The third kappa shape index (κ3) is 3.82. The van der Waals surface area contributed by atoms with Gasteiger partial charge < -0.3 is 5.32 Å². The first-order valence-electron chi connectivity index (χ1n) is 8.11. The second-order valence-electron chi connectivity index (χ2n) is 5.67. The van der Waals surface area contributed by atoms with Crippen LogP contribution in [0, 0.1) is 0 Å². The van der Waals surface area contributed by atoms with Gasteiger partial charge in [0.1, 0.15) is 0 Å². The molecule has 118 valence electrons. The van der Waals surface area contributed by atoms with Crippen LogP contribution in [-0.2, 0) is 0 Å². The van der Waals surface area contributed by atoms with E-state index < -0.39 is 0 Å². The number of anilines is 2. The zero-order valence-electron chi connectivity index (χ0n) is 13.9. The highest BCUT2D eigenvalue weighted by Gasteiger charge is 1.98. The van der Waals surface area contributed by atoms with E-state index >= 15 is 0 Å². The van der Waals surface area contributed by atoms with E-state index in [0.717, 1.165) is 21.8 Å². The van der Waals surface area contributed by atoms with E-state index in [1.807, 2.05) is 31.2 Å². The summed E-state index contributed by atoms with van der Waals surface area (Å²) in [4.78, 5) is 0. The molecule has 0 fully saturated rings. The van der Waals surface area contributed by atoms with Crippen molar-refractivity contribution in [2.75, 3.05) is 5.32 Å². The van der Waals surface area contributed by atoms with Crippen LogP contribution in [0.1, 0.15) is 6.92 Å². The Morgan fingerprint density at radius 1 is 0.792 bits per heavy atom. The summed E-state index contributed by atoms with van der Waals surface area (Å²) >= 11 is 0. The Morgan fingerprint density at radius 2 is 1.46 bits per heavy atom. The average Bonchev–Trinajstić information content (AvgIpc) is 2.63. The van der Waals surface area contributed by atoms with Gasteiger partial charge >= 0.3 is 0 Å². The molecular weight excluding hydrogens is 290 g/mol. The molecule has 0 bridgehead atoms. The predicted molar refractivity (Wildman–Crippen MR) is 106 cm³/mol. The Hall–Kier alpha value is -3.06. The smallest absolute Gasteiger partial charge is 0.0390 e. The van der Waals surface area contributed by atoms with Gasteiger partial charge in [0.05, 0.1) is 0 Å². The Bertz CT molecular complexity index is 936. The number of benzene rings is 3. The summed E-state index contributed by atoms with van der Waals surface area (Å²) in [6, 6.07) is 25.1. The van der Waals surface area contributed by atoms with Crippen LogP contribution < -0.4 is 15.8 Å². The van der Waals surface area contributed by atoms with Gasteiger partial charge in [-0.25, -0.2) is 0 Å². The first-order valence-corrected chi connectivity index (χ1v) is 8.11. The van der Waals surface area contributed by atoms with Gasteiger partial charge in [-0.2, -0.15) is 0 Å². The molecule has 24 heavy (non-hydrogen) atoms. The van der Waals surface area contributed by atoms with E-state index in [1.54, 1.807) is 0 Å². The molecule has 3 aromatic carbocycles. The molecular formula is C23H21N. The minimum Gasteiger partial charge on any atom is -0.356 e. The maximum absolute atomic E-state index is 4.07. The summed E-state index contributed by atoms with van der Waals surface area (Å²) in [5.41, 5.74) is 4.58. The fraction of sp³-hybridized carbons (Fsp3) is 0.0435. The molecule has 0 aliphatic heterocycles. The van der Waals surface area contributed by atoms with Crippen LogP contribution in [0.25, 0.3) is 23.8 Å². The van der Waals surface area contributed by atoms with Gasteiger partial charge in [0.25, 0.3) is 0 Å². The lowest BCUT2D eigenvalue weighted by molar-refractivity contribution is 1.48. The van der Waals surface area contributed by atoms with Gasteiger partial charge in [-0.1, -0.05) is 73.3 Å². The number of hydrogen-bond acceptors (Lipinski definition) is 1. The first kappa shape index (κ1) is 15.8. The molecule has 0 unspecified atom stereocenters. The maximum atomic E-state index is 4.07. The third-order valence-corrected chi connectivity index (χ3v) is 3.89. The molecule has 0 radical (unpaired) electrons. The standard InChI is InChI=1S/C23H21N/c1-3-4-8-21-17-23(14-11-18(21)2)24-22-15-12-20(13-16-22)19-9-6-5-7-10-19/h3-17,24H,2H2,1H3/b4-3-,21-8-. The summed E-state index contributed by atoms with van der Waals surface area (Å²) in [5, 5.41) is 5.60. The van der Waals surface area contributed by atoms with Crippen molar-refractivity contribution in [1.82, 2.24) is 0 Å². The van der Waals surface area contributed by atoms with Crippen LogP contribution in [0.4, 0.5) is 11.4 Å². The number of nitrogens with one attached hydrogen (secondary N) is 1. The van der Waals surface area contributed by atoms with Crippen LogP contribution in [0.3, 0.4) is 0 Å². The highest BCUT2D eigenvalue weighted by molar-refractivity contribution is 5.68. The molecule has 0 aromatic heterocycles. The minimum absolute atomic E-state index is 1.03. The van der Waals surface area contributed by atoms with Gasteiger partial charge in [0.2, 0.25) is 0 Å². The van der Waals surface area contributed by atoms with Crippen LogP contribution in [-0.4, -0.2) is 0 Å². The molecule has 0 saturated carbocycles. The lowest BCUT2D eigenvalue weighted by Gasteiger charge is -2.08. The number of allylic oxidation sites excluding steroid dienone is 2. The molecule has 0 aliphatic carbocycles. The lowest BCUT2D eigenvalue weighted by Crippen LogP contribution is -2.22. The quantitative estimate of drug-likeness (QED) is 0.725. The predicted octanol–water partition coefficient (Wildman–Crippen LogP) is 4.86. The van der Waals surface area contributed by atoms with E-state index in [9.17, 15) is 0 Å². The third-order valence-electron chi connectivity index (χ3n) is 3.89. The van der Waals surface area contributed by atoms with Gasteiger partial charge in [-0.05, 0) is 52.8 Å². The molecule has 1 heteroatoms. The molecule has 0 amide bonds. The topological polar surface area (TPSA) is 12.0 Å². The first-order chi connectivity index (χ1) is 11.8. The highest BCUT2D eigenvalue weighted by Crippen LogP contribution is 2.22.